The van der Waals surface area contributed by atoms with Crippen LogP contribution in [0.25, 0.3) is 11.6 Å². The summed E-state index contributed by atoms with van der Waals surface area (Å²) < 4.78 is 0. The Balaban J connectivity index is 2.21. The molecule has 0 saturated heterocycles. The van der Waals surface area contributed by atoms with Crippen LogP contribution in [-0.2, 0) is 0 Å². The van der Waals surface area contributed by atoms with Crippen LogP contribution in [0, 0.1) is 32.8 Å². The maximum absolute atomic E-state index is 10.7. The minimum atomic E-state index is -0.471. The van der Waals surface area contributed by atoms with Gasteiger partial charge in [-0.1, -0.05) is 12.1 Å². The minimum Gasteiger partial charge on any atom is -0.374 e. The Morgan fingerprint density at radius 3 is 2.32 bits per heavy atom. The number of nitro benzene ring substituents is 1. The number of anilines is 1. The van der Waals surface area contributed by atoms with Gasteiger partial charge in [0.25, 0.3) is 5.69 Å². The van der Waals surface area contributed by atoms with Crippen molar-refractivity contribution in [2.24, 2.45) is 0 Å². The van der Waals surface area contributed by atoms with Gasteiger partial charge in [0.1, 0.15) is 0 Å². The first kappa shape index (κ1) is 17.7. The molecule has 124 valence electrons. The highest BCUT2D eigenvalue weighted by Gasteiger charge is 2.07. The average molecular weight is 332 g/mol. The molecule has 0 aliphatic heterocycles. The second-order valence-corrected chi connectivity index (χ2v) is 5.40. The first-order valence-electron chi connectivity index (χ1n) is 7.60. The van der Waals surface area contributed by atoms with Crippen LogP contribution < -0.4 is 4.90 Å². The van der Waals surface area contributed by atoms with E-state index in [1.54, 1.807) is 18.2 Å². The molecule has 0 atom stereocenters. The molecular weight excluding hydrogens is 316 g/mol. The fourth-order valence-corrected chi connectivity index (χ4v) is 2.28. The zero-order valence-corrected chi connectivity index (χ0v) is 13.7. The summed E-state index contributed by atoms with van der Waals surface area (Å²) in [4.78, 5) is 12.2. The standard InChI is InChI=1S/C19H16N4O2/c1-22(12-2-11-20)18-7-3-15(4-8-18)13-17(14-21)16-5-9-19(10-6-16)23(24)25/h3-10,13H,2,12H2,1H3/b17-13+. The van der Waals surface area contributed by atoms with Gasteiger partial charge in [-0.15, -0.1) is 0 Å². The molecule has 0 amide bonds. The van der Waals surface area contributed by atoms with Crippen molar-refractivity contribution in [3.63, 3.8) is 0 Å². The van der Waals surface area contributed by atoms with Crippen LogP contribution in [0.4, 0.5) is 11.4 Å². The number of nitriles is 2. The second-order valence-electron chi connectivity index (χ2n) is 5.40. The number of hydrogen-bond acceptors (Lipinski definition) is 5. The maximum atomic E-state index is 10.7. The van der Waals surface area contributed by atoms with Gasteiger partial charge in [-0.2, -0.15) is 10.5 Å². The fourth-order valence-electron chi connectivity index (χ4n) is 2.28. The van der Waals surface area contributed by atoms with Crippen LogP contribution in [0.15, 0.2) is 48.5 Å². The summed E-state index contributed by atoms with van der Waals surface area (Å²) in [5.74, 6) is 0. The normalized spacial score (nSPS) is 10.6. The van der Waals surface area contributed by atoms with E-state index in [4.69, 9.17) is 5.26 Å². The highest BCUT2D eigenvalue weighted by molar-refractivity contribution is 5.89. The van der Waals surface area contributed by atoms with Gasteiger partial charge in [-0.05, 0) is 41.5 Å². The summed E-state index contributed by atoms with van der Waals surface area (Å²) in [5.41, 5.74) is 2.89. The quantitative estimate of drug-likeness (QED) is 0.345. The highest BCUT2D eigenvalue weighted by atomic mass is 16.6. The highest BCUT2D eigenvalue weighted by Crippen LogP contribution is 2.22. The molecule has 6 nitrogen and oxygen atoms in total. The molecule has 0 N–H and O–H groups in total. The number of hydrogen-bond donors (Lipinski definition) is 0. The first-order valence-corrected chi connectivity index (χ1v) is 7.60. The summed E-state index contributed by atoms with van der Waals surface area (Å²) in [6.07, 6.45) is 2.19. The zero-order valence-electron chi connectivity index (χ0n) is 13.7. The van der Waals surface area contributed by atoms with Gasteiger partial charge in [0, 0.05) is 31.4 Å². The number of non-ortho nitro benzene ring substituents is 1. The monoisotopic (exact) mass is 332 g/mol. The molecule has 6 heteroatoms. The average Bonchev–Trinajstić information content (AvgIpc) is 2.64. The minimum absolute atomic E-state index is 0.00852. The van der Waals surface area contributed by atoms with Crippen LogP contribution in [0.3, 0.4) is 0 Å². The van der Waals surface area contributed by atoms with Gasteiger partial charge in [0.2, 0.25) is 0 Å². The van der Waals surface area contributed by atoms with Gasteiger partial charge in [-0.3, -0.25) is 10.1 Å². The van der Waals surface area contributed by atoms with Crippen LogP contribution in [0.5, 0.6) is 0 Å². The molecule has 0 fully saturated rings. The van der Waals surface area contributed by atoms with Gasteiger partial charge in [0.05, 0.1) is 29.1 Å². The van der Waals surface area contributed by atoms with Crippen LogP contribution in [0.2, 0.25) is 0 Å². The van der Waals surface area contributed by atoms with Crippen LogP contribution >= 0.6 is 0 Å². The number of nitro groups is 1. The third kappa shape index (κ3) is 4.66. The van der Waals surface area contributed by atoms with E-state index < -0.39 is 4.92 Å². The Kier molecular flexibility index (Phi) is 5.86. The Labute approximate surface area is 146 Å². The summed E-state index contributed by atoms with van der Waals surface area (Å²) >= 11 is 0. The van der Waals surface area contributed by atoms with Crippen molar-refractivity contribution in [2.45, 2.75) is 6.42 Å². The van der Waals surface area contributed by atoms with Gasteiger partial charge in [0.15, 0.2) is 0 Å². The van der Waals surface area contributed by atoms with E-state index in [-0.39, 0.29) is 5.69 Å². The van der Waals surface area contributed by atoms with Crippen LogP contribution in [-0.4, -0.2) is 18.5 Å². The van der Waals surface area contributed by atoms with E-state index in [1.807, 2.05) is 36.2 Å². The van der Waals surface area contributed by atoms with Crippen molar-refractivity contribution in [2.75, 3.05) is 18.5 Å². The third-order valence-electron chi connectivity index (χ3n) is 3.71. The van der Waals surface area contributed by atoms with Crippen molar-refractivity contribution in [3.05, 3.63) is 69.8 Å². The van der Waals surface area contributed by atoms with Crippen molar-refractivity contribution < 1.29 is 4.92 Å². The Bertz CT molecular complexity index is 856. The fraction of sp³-hybridized carbons (Fsp3) is 0.158. The molecule has 0 radical (unpaired) electrons. The summed E-state index contributed by atoms with van der Waals surface area (Å²) in [6, 6.07) is 17.8. The van der Waals surface area contributed by atoms with E-state index in [0.29, 0.717) is 24.1 Å². The molecule has 0 unspecified atom stereocenters. The van der Waals surface area contributed by atoms with E-state index in [2.05, 4.69) is 12.1 Å². The Morgan fingerprint density at radius 1 is 1.16 bits per heavy atom. The molecule has 0 heterocycles. The lowest BCUT2D eigenvalue weighted by Crippen LogP contribution is -2.17. The summed E-state index contributed by atoms with van der Waals surface area (Å²) in [7, 11) is 1.92. The SMILES string of the molecule is CN(CCC#N)c1ccc(/C=C(\C#N)c2ccc([N+](=O)[O-])cc2)cc1. The number of nitrogens with zero attached hydrogens (tertiary/aromatic N) is 4. The summed E-state index contributed by atoms with van der Waals surface area (Å²) in [6.45, 7) is 0.651. The van der Waals surface area contributed by atoms with E-state index >= 15 is 0 Å². The first-order chi connectivity index (χ1) is 12.0. The van der Waals surface area contributed by atoms with E-state index in [0.717, 1.165) is 11.3 Å². The molecule has 2 aromatic rings. The smallest absolute Gasteiger partial charge is 0.269 e. The molecule has 0 spiro atoms. The van der Waals surface area contributed by atoms with Crippen molar-refractivity contribution >= 4 is 23.0 Å². The molecule has 2 aromatic carbocycles. The van der Waals surface area contributed by atoms with Gasteiger partial charge >= 0.3 is 0 Å². The largest absolute Gasteiger partial charge is 0.374 e. The predicted molar refractivity (Wildman–Crippen MR) is 96.5 cm³/mol. The lowest BCUT2D eigenvalue weighted by atomic mass is 10.0. The lowest BCUT2D eigenvalue weighted by Gasteiger charge is -2.17. The second kappa shape index (κ2) is 8.28. The molecule has 0 aliphatic rings. The molecular formula is C19H16N4O2. The van der Waals surface area contributed by atoms with E-state index in [9.17, 15) is 15.4 Å². The number of allylic oxidation sites excluding steroid dienone is 1. The predicted octanol–water partition coefficient (Wildman–Crippen LogP) is 4.01. The molecule has 0 aliphatic carbocycles. The molecule has 0 saturated carbocycles. The van der Waals surface area contributed by atoms with Gasteiger partial charge in [-0.25, -0.2) is 0 Å². The van der Waals surface area contributed by atoms with Gasteiger partial charge < -0.3 is 4.90 Å². The summed E-state index contributed by atoms with van der Waals surface area (Å²) in [5, 5.41) is 28.7. The topological polar surface area (TPSA) is 94.0 Å². The Hall–Kier alpha value is -3.64. The molecule has 25 heavy (non-hydrogen) atoms. The maximum Gasteiger partial charge on any atom is 0.269 e. The van der Waals surface area contributed by atoms with E-state index in [1.165, 1.54) is 12.1 Å². The molecule has 0 bridgehead atoms. The van der Waals surface area contributed by atoms with Crippen LogP contribution in [0.1, 0.15) is 17.5 Å². The number of rotatable bonds is 6. The Morgan fingerprint density at radius 2 is 1.80 bits per heavy atom. The number of benzene rings is 2. The van der Waals surface area contributed by atoms with Crippen molar-refractivity contribution in [1.82, 2.24) is 0 Å². The van der Waals surface area contributed by atoms with Crippen molar-refractivity contribution in [1.29, 1.82) is 10.5 Å². The lowest BCUT2D eigenvalue weighted by molar-refractivity contribution is -0.384. The zero-order chi connectivity index (χ0) is 18.2. The molecule has 2 rings (SSSR count). The van der Waals surface area contributed by atoms with Crippen molar-refractivity contribution in [3.8, 4) is 12.1 Å². The molecule has 0 aromatic heterocycles. The third-order valence-corrected chi connectivity index (χ3v) is 3.71.